The Morgan fingerprint density at radius 3 is 2.39 bits per heavy atom. The summed E-state index contributed by atoms with van der Waals surface area (Å²) in [6.45, 7) is 9.11. The predicted octanol–water partition coefficient (Wildman–Crippen LogP) is 4.05. The van der Waals surface area contributed by atoms with Crippen molar-refractivity contribution in [2.24, 2.45) is 5.92 Å². The summed E-state index contributed by atoms with van der Waals surface area (Å²) in [5, 5.41) is 5.70. The summed E-state index contributed by atoms with van der Waals surface area (Å²) in [7, 11) is 0. The number of carbonyl (C=O) groups excluding carboxylic acids is 2. The quantitative estimate of drug-likeness (QED) is 0.638. The van der Waals surface area contributed by atoms with E-state index in [2.05, 4.69) is 28.5 Å². The maximum absolute atomic E-state index is 12.5. The van der Waals surface area contributed by atoms with Gasteiger partial charge >= 0.3 is 0 Å². The number of rotatable bonds is 9. The van der Waals surface area contributed by atoms with Gasteiger partial charge in [0.2, 0.25) is 11.8 Å². The summed E-state index contributed by atoms with van der Waals surface area (Å²) in [6, 6.07) is 8.62. The molecule has 2 aromatic rings. The van der Waals surface area contributed by atoms with Crippen LogP contribution in [0.5, 0.6) is 0 Å². The van der Waals surface area contributed by atoms with Crippen LogP contribution >= 0.6 is 0 Å². The van der Waals surface area contributed by atoms with Gasteiger partial charge in [0.25, 0.3) is 0 Å². The highest BCUT2D eigenvalue weighted by atomic mass is 16.3. The highest BCUT2D eigenvalue weighted by Crippen LogP contribution is 2.47. The van der Waals surface area contributed by atoms with Gasteiger partial charge < -0.3 is 15.1 Å². The molecule has 2 fully saturated rings. The van der Waals surface area contributed by atoms with Gasteiger partial charge in [-0.25, -0.2) is 0 Å². The summed E-state index contributed by atoms with van der Waals surface area (Å²) in [4.78, 5) is 27.0. The normalized spacial score (nSPS) is 20.0. The Morgan fingerprint density at radius 1 is 1.10 bits per heavy atom. The van der Waals surface area contributed by atoms with Crippen LogP contribution in [0, 0.1) is 26.7 Å². The SMILES string of the molecule is Cc1cc(C)c(NC(=O)CNC(=O)CN(Cc2ccc(C3CC3C)o2)C2CC2)c(C)c1. The number of hydrogen-bond acceptors (Lipinski definition) is 4. The Hall–Kier alpha value is -2.60. The number of hydrogen-bond donors (Lipinski definition) is 2. The van der Waals surface area contributed by atoms with Crippen LogP contribution in [0.4, 0.5) is 5.69 Å². The fourth-order valence-electron chi connectivity index (χ4n) is 4.33. The molecule has 2 amide bonds. The van der Waals surface area contributed by atoms with Gasteiger partial charge in [0.1, 0.15) is 11.5 Å². The maximum Gasteiger partial charge on any atom is 0.243 e. The van der Waals surface area contributed by atoms with E-state index in [1.807, 2.05) is 39.0 Å². The molecule has 0 saturated heterocycles. The number of benzene rings is 1. The van der Waals surface area contributed by atoms with Gasteiger partial charge in [-0.3, -0.25) is 14.5 Å². The van der Waals surface area contributed by atoms with Crippen molar-refractivity contribution in [1.82, 2.24) is 10.2 Å². The lowest BCUT2D eigenvalue weighted by Crippen LogP contribution is -2.41. The maximum atomic E-state index is 12.5. The van der Waals surface area contributed by atoms with Crippen LogP contribution in [0.3, 0.4) is 0 Å². The molecule has 2 aliphatic rings. The fraction of sp³-hybridized carbons (Fsp3) is 0.520. The topological polar surface area (TPSA) is 74.6 Å². The zero-order valence-electron chi connectivity index (χ0n) is 19.0. The predicted molar refractivity (Wildman–Crippen MR) is 121 cm³/mol. The Kier molecular flexibility index (Phi) is 6.19. The highest BCUT2D eigenvalue weighted by molar-refractivity contribution is 5.96. The number of nitrogens with zero attached hydrogens (tertiary/aromatic N) is 1. The molecule has 166 valence electrons. The summed E-state index contributed by atoms with van der Waals surface area (Å²) < 4.78 is 6.03. The molecule has 1 heterocycles. The smallest absolute Gasteiger partial charge is 0.243 e. The second kappa shape index (κ2) is 8.87. The molecule has 1 aromatic heterocycles. The number of anilines is 1. The molecule has 0 aliphatic heterocycles. The third-order valence-electron chi connectivity index (χ3n) is 6.31. The number of aryl methyl sites for hydroxylation is 3. The molecule has 2 aliphatic carbocycles. The van der Waals surface area contributed by atoms with Crippen LogP contribution < -0.4 is 10.6 Å². The van der Waals surface area contributed by atoms with Crippen molar-refractivity contribution in [3.05, 3.63) is 52.5 Å². The van der Waals surface area contributed by atoms with Gasteiger partial charge in [-0.05, 0) is 69.2 Å². The van der Waals surface area contributed by atoms with E-state index in [4.69, 9.17) is 4.42 Å². The second-order valence-corrected chi connectivity index (χ2v) is 9.36. The van der Waals surface area contributed by atoms with Gasteiger partial charge in [-0.2, -0.15) is 0 Å². The third kappa shape index (κ3) is 5.56. The van der Waals surface area contributed by atoms with E-state index in [9.17, 15) is 9.59 Å². The van der Waals surface area contributed by atoms with Crippen molar-refractivity contribution < 1.29 is 14.0 Å². The van der Waals surface area contributed by atoms with Gasteiger partial charge in [-0.15, -0.1) is 0 Å². The molecule has 2 unspecified atom stereocenters. The van der Waals surface area contributed by atoms with Gasteiger partial charge in [0.15, 0.2) is 0 Å². The van der Waals surface area contributed by atoms with Crippen LogP contribution in [0.2, 0.25) is 0 Å². The van der Waals surface area contributed by atoms with E-state index < -0.39 is 0 Å². The summed E-state index contributed by atoms with van der Waals surface area (Å²) >= 11 is 0. The molecule has 0 spiro atoms. The molecule has 6 heteroatoms. The zero-order valence-corrected chi connectivity index (χ0v) is 19.0. The van der Waals surface area contributed by atoms with E-state index in [-0.39, 0.29) is 24.9 Å². The summed E-state index contributed by atoms with van der Waals surface area (Å²) in [6.07, 6.45) is 3.41. The first-order valence-electron chi connectivity index (χ1n) is 11.3. The van der Waals surface area contributed by atoms with Crippen LogP contribution in [0.25, 0.3) is 0 Å². The molecular formula is C25H33N3O3. The van der Waals surface area contributed by atoms with E-state index in [1.54, 1.807) is 0 Å². The van der Waals surface area contributed by atoms with Gasteiger partial charge in [-0.1, -0.05) is 24.6 Å². The standard InChI is InChI=1S/C25H33N3O3/c1-15-9-17(3)25(18(4)10-15)27-23(29)12-26-24(30)14-28(19-5-6-19)13-20-7-8-22(31-20)21-11-16(21)2/h7-10,16,19,21H,5-6,11-14H2,1-4H3,(H,26,30)(H,27,29). The molecule has 1 aromatic carbocycles. The fourth-order valence-corrected chi connectivity index (χ4v) is 4.33. The van der Waals surface area contributed by atoms with E-state index in [0.717, 1.165) is 46.7 Å². The molecule has 2 N–H and O–H groups in total. The number of carbonyl (C=O) groups is 2. The Bertz CT molecular complexity index is 953. The molecule has 2 atom stereocenters. The molecule has 6 nitrogen and oxygen atoms in total. The Morgan fingerprint density at radius 2 is 1.77 bits per heavy atom. The number of nitrogens with one attached hydrogen (secondary N) is 2. The first-order valence-corrected chi connectivity index (χ1v) is 11.3. The average molecular weight is 424 g/mol. The summed E-state index contributed by atoms with van der Waals surface area (Å²) in [5.41, 5.74) is 4.03. The zero-order chi connectivity index (χ0) is 22.1. The monoisotopic (exact) mass is 423 g/mol. The van der Waals surface area contributed by atoms with Gasteiger partial charge in [0.05, 0.1) is 19.6 Å². The lowest BCUT2D eigenvalue weighted by Gasteiger charge is -2.20. The summed E-state index contributed by atoms with van der Waals surface area (Å²) in [5.74, 6) is 2.91. The lowest BCUT2D eigenvalue weighted by molar-refractivity contribution is -0.125. The minimum atomic E-state index is -0.212. The molecule has 4 rings (SSSR count). The van der Waals surface area contributed by atoms with E-state index >= 15 is 0 Å². The van der Waals surface area contributed by atoms with Crippen molar-refractivity contribution in [3.63, 3.8) is 0 Å². The van der Waals surface area contributed by atoms with Crippen LogP contribution in [0.1, 0.15) is 60.3 Å². The number of furan rings is 1. The minimum Gasteiger partial charge on any atom is -0.464 e. The molecule has 0 bridgehead atoms. The van der Waals surface area contributed by atoms with Crippen LogP contribution in [-0.4, -0.2) is 35.8 Å². The second-order valence-electron chi connectivity index (χ2n) is 9.36. The Labute approximate surface area is 184 Å². The van der Waals surface area contributed by atoms with Crippen molar-refractivity contribution in [2.75, 3.05) is 18.4 Å². The highest BCUT2D eigenvalue weighted by Gasteiger charge is 2.37. The first-order chi connectivity index (χ1) is 14.8. The van der Waals surface area contributed by atoms with Crippen LogP contribution in [-0.2, 0) is 16.1 Å². The molecule has 31 heavy (non-hydrogen) atoms. The van der Waals surface area contributed by atoms with Crippen LogP contribution in [0.15, 0.2) is 28.7 Å². The van der Waals surface area contributed by atoms with Gasteiger partial charge in [0, 0.05) is 17.6 Å². The lowest BCUT2D eigenvalue weighted by atomic mass is 10.1. The van der Waals surface area contributed by atoms with Crippen molar-refractivity contribution in [3.8, 4) is 0 Å². The average Bonchev–Trinajstić information content (AvgIpc) is 3.62. The van der Waals surface area contributed by atoms with E-state index in [0.29, 0.717) is 24.4 Å². The minimum absolute atomic E-state index is 0.0332. The van der Waals surface area contributed by atoms with Crippen molar-refractivity contribution in [2.45, 2.75) is 65.5 Å². The van der Waals surface area contributed by atoms with Crippen molar-refractivity contribution in [1.29, 1.82) is 0 Å². The van der Waals surface area contributed by atoms with E-state index in [1.165, 1.54) is 6.42 Å². The molecule has 0 radical (unpaired) electrons. The largest absolute Gasteiger partial charge is 0.464 e. The molecule has 2 saturated carbocycles. The third-order valence-corrected chi connectivity index (χ3v) is 6.31. The number of amides is 2. The van der Waals surface area contributed by atoms with Crippen molar-refractivity contribution >= 4 is 17.5 Å². The Balaban J connectivity index is 1.27. The molecular weight excluding hydrogens is 390 g/mol. The first kappa shape index (κ1) is 21.6.